The van der Waals surface area contributed by atoms with Gasteiger partial charge in [0.05, 0.1) is 23.3 Å². The number of hydrogen-bond acceptors (Lipinski definition) is 5. The molecule has 3 heterocycles. The molecule has 0 bridgehead atoms. The van der Waals surface area contributed by atoms with Crippen molar-refractivity contribution in [1.29, 1.82) is 0 Å². The molecule has 2 aromatic rings. The molecule has 3 atom stereocenters. The predicted molar refractivity (Wildman–Crippen MR) is 113 cm³/mol. The molecule has 9 heteroatoms. The van der Waals surface area contributed by atoms with Gasteiger partial charge in [-0.3, -0.25) is 4.79 Å². The van der Waals surface area contributed by atoms with Crippen LogP contribution in [0.4, 0.5) is 5.69 Å². The van der Waals surface area contributed by atoms with Crippen LogP contribution in [0.1, 0.15) is 38.7 Å². The van der Waals surface area contributed by atoms with Gasteiger partial charge in [0.25, 0.3) is 0 Å². The summed E-state index contributed by atoms with van der Waals surface area (Å²) in [5.74, 6) is -2.03. The minimum atomic E-state index is -1.13. The largest absolute Gasteiger partial charge is 0.477 e. The van der Waals surface area contributed by atoms with E-state index in [1.54, 1.807) is 16.3 Å². The summed E-state index contributed by atoms with van der Waals surface area (Å²) in [5, 5.41) is 27.7. The number of aromatic nitrogens is 3. The highest BCUT2D eigenvalue weighted by molar-refractivity contribution is 6.06. The lowest BCUT2D eigenvalue weighted by Crippen LogP contribution is -2.61. The van der Waals surface area contributed by atoms with Crippen LogP contribution in [-0.2, 0) is 16.6 Å². The van der Waals surface area contributed by atoms with E-state index in [4.69, 9.17) is 0 Å². The highest BCUT2D eigenvalue weighted by Gasteiger charge is 2.56. The lowest BCUT2D eigenvalue weighted by Gasteiger charge is -2.44. The smallest absolute Gasteiger partial charge is 0.352 e. The number of carboxylic acids is 1. The van der Waals surface area contributed by atoms with Crippen molar-refractivity contribution in [2.24, 2.45) is 13.0 Å². The highest BCUT2D eigenvalue weighted by atomic mass is 16.4. The van der Waals surface area contributed by atoms with Gasteiger partial charge in [0.2, 0.25) is 5.91 Å². The first-order valence-electron chi connectivity index (χ1n) is 10.6. The molecule has 1 fully saturated rings. The number of nitrogens with one attached hydrogen (secondary N) is 1. The van der Waals surface area contributed by atoms with Crippen molar-refractivity contribution in [3.8, 4) is 5.69 Å². The van der Waals surface area contributed by atoms with Gasteiger partial charge in [-0.25, -0.2) is 4.79 Å². The molecule has 9 nitrogen and oxygen atoms in total. The molecular formula is C22H28N5O4+. The Morgan fingerprint density at radius 1 is 1.39 bits per heavy atom. The molecule has 31 heavy (non-hydrogen) atoms. The molecule has 1 saturated heterocycles. The fraction of sp³-hybridized carbons (Fsp3) is 0.455. The van der Waals surface area contributed by atoms with Gasteiger partial charge in [0, 0.05) is 18.3 Å². The maximum Gasteiger partial charge on any atom is 0.352 e. The van der Waals surface area contributed by atoms with Crippen molar-refractivity contribution in [3.63, 3.8) is 0 Å². The molecule has 0 spiro atoms. The average molecular weight is 426 g/mol. The topological polar surface area (TPSA) is 112 Å². The third-order valence-corrected chi connectivity index (χ3v) is 5.98. The number of β-lactam (4-membered cyclic amide) rings is 1. The first kappa shape index (κ1) is 21.0. The van der Waals surface area contributed by atoms with E-state index in [0.29, 0.717) is 12.0 Å². The van der Waals surface area contributed by atoms with Gasteiger partial charge in [0.1, 0.15) is 12.7 Å². The van der Waals surface area contributed by atoms with E-state index in [0.717, 1.165) is 36.3 Å². The van der Waals surface area contributed by atoms with E-state index in [2.05, 4.69) is 17.5 Å². The normalized spacial score (nSPS) is 21.2. The maximum atomic E-state index is 12.5. The number of rotatable bonds is 8. The van der Waals surface area contributed by atoms with Crippen molar-refractivity contribution in [3.05, 3.63) is 41.9 Å². The molecule has 4 rings (SSSR count). The van der Waals surface area contributed by atoms with Crippen LogP contribution in [0, 0.1) is 5.92 Å². The predicted octanol–water partition coefficient (Wildman–Crippen LogP) is 1.32. The Morgan fingerprint density at radius 3 is 2.77 bits per heavy atom. The Balaban J connectivity index is 1.78. The molecule has 164 valence electrons. The highest BCUT2D eigenvalue weighted by Crippen LogP contribution is 2.47. The van der Waals surface area contributed by atoms with E-state index in [1.807, 2.05) is 37.6 Å². The average Bonchev–Trinajstić information content (AvgIpc) is 3.29. The summed E-state index contributed by atoms with van der Waals surface area (Å²) in [5.41, 5.74) is 3.00. The monoisotopic (exact) mass is 426 g/mol. The lowest BCUT2D eigenvalue weighted by atomic mass is 9.82. The molecule has 3 N–H and O–H groups in total. The van der Waals surface area contributed by atoms with Crippen LogP contribution in [0.15, 0.2) is 36.3 Å². The summed E-state index contributed by atoms with van der Waals surface area (Å²) in [6.45, 7) is 4.50. The van der Waals surface area contributed by atoms with Crippen LogP contribution >= 0.6 is 0 Å². The molecule has 2 aliphatic heterocycles. The number of carboxylic acid groups (broad SMARTS) is 1. The lowest BCUT2D eigenvalue weighted by molar-refractivity contribution is -0.731. The quantitative estimate of drug-likeness (QED) is 0.333. The van der Waals surface area contributed by atoms with Crippen LogP contribution in [-0.4, -0.2) is 55.6 Å². The summed E-state index contributed by atoms with van der Waals surface area (Å²) in [7, 11) is 1.83. The Morgan fingerprint density at radius 2 is 2.16 bits per heavy atom. The van der Waals surface area contributed by atoms with Crippen LogP contribution < -0.4 is 10.00 Å². The number of hydrogen-bond donors (Lipinski definition) is 3. The SMILES string of the molecule is CCCCNc1cc(C2=C(C(=O)O)N3C(=O)[C@H]([C@@H](C)O)C3C2)cc(-n2cc[n+](C)n2)c1. The van der Waals surface area contributed by atoms with Crippen molar-refractivity contribution in [2.45, 2.75) is 45.3 Å². The van der Waals surface area contributed by atoms with Crippen molar-refractivity contribution in [2.75, 3.05) is 11.9 Å². The number of aryl methyl sites for hydroxylation is 1. The molecule has 0 radical (unpaired) electrons. The van der Waals surface area contributed by atoms with Gasteiger partial charge >= 0.3 is 5.97 Å². The zero-order valence-corrected chi connectivity index (χ0v) is 17.9. The zero-order valence-electron chi connectivity index (χ0n) is 17.9. The minimum Gasteiger partial charge on any atom is -0.477 e. The van der Waals surface area contributed by atoms with E-state index in [-0.39, 0.29) is 17.6 Å². The number of benzene rings is 1. The Kier molecular flexibility index (Phi) is 5.53. The van der Waals surface area contributed by atoms with Gasteiger partial charge < -0.3 is 20.4 Å². The second-order valence-corrected chi connectivity index (χ2v) is 8.23. The number of aliphatic hydroxyl groups excluding tert-OH is 1. The maximum absolute atomic E-state index is 12.5. The summed E-state index contributed by atoms with van der Waals surface area (Å²) in [6.07, 6.45) is 5.31. The van der Waals surface area contributed by atoms with Crippen molar-refractivity contribution < 1.29 is 24.5 Å². The Hall–Kier alpha value is -3.20. The molecule has 0 saturated carbocycles. The Labute approximate surface area is 180 Å². The van der Waals surface area contributed by atoms with Gasteiger partial charge in [0.15, 0.2) is 18.1 Å². The van der Waals surface area contributed by atoms with Crippen LogP contribution in [0.3, 0.4) is 0 Å². The molecule has 2 aliphatic rings. The van der Waals surface area contributed by atoms with Crippen LogP contribution in [0.25, 0.3) is 11.3 Å². The van der Waals surface area contributed by atoms with Crippen LogP contribution in [0.2, 0.25) is 0 Å². The van der Waals surface area contributed by atoms with Gasteiger partial charge in [-0.15, -0.1) is 9.36 Å². The summed E-state index contributed by atoms with van der Waals surface area (Å²) < 4.78 is 3.41. The van der Waals surface area contributed by atoms with Gasteiger partial charge in [-0.1, -0.05) is 13.3 Å². The number of carbonyl (C=O) groups excluding carboxylic acids is 1. The number of anilines is 1. The summed E-state index contributed by atoms with van der Waals surface area (Å²) >= 11 is 0. The van der Waals surface area contributed by atoms with E-state index < -0.39 is 18.0 Å². The first-order valence-corrected chi connectivity index (χ1v) is 10.6. The van der Waals surface area contributed by atoms with E-state index in [1.165, 1.54) is 4.90 Å². The van der Waals surface area contributed by atoms with Gasteiger partial charge in [-0.05, 0) is 43.0 Å². The third kappa shape index (κ3) is 3.69. The van der Waals surface area contributed by atoms with Crippen molar-refractivity contribution in [1.82, 2.24) is 14.8 Å². The fourth-order valence-corrected chi connectivity index (χ4v) is 4.47. The second-order valence-electron chi connectivity index (χ2n) is 8.23. The van der Waals surface area contributed by atoms with E-state index in [9.17, 15) is 19.8 Å². The molecular weight excluding hydrogens is 398 g/mol. The Bertz CT molecular complexity index is 1060. The van der Waals surface area contributed by atoms with Crippen molar-refractivity contribution >= 4 is 23.1 Å². The number of aliphatic hydroxyl groups is 1. The number of nitrogens with zero attached hydrogens (tertiary/aromatic N) is 4. The fourth-order valence-electron chi connectivity index (χ4n) is 4.47. The van der Waals surface area contributed by atoms with Gasteiger partial charge in [-0.2, -0.15) is 0 Å². The van der Waals surface area contributed by atoms with E-state index >= 15 is 0 Å². The molecule has 1 unspecified atom stereocenters. The molecule has 1 aromatic carbocycles. The number of fused-ring (bicyclic) bond motifs is 1. The number of amides is 1. The zero-order chi connectivity index (χ0) is 22.3. The number of aliphatic carboxylic acids is 1. The number of unbranched alkanes of at least 4 members (excludes halogenated alkanes) is 1. The minimum absolute atomic E-state index is 0.00887. The molecule has 1 amide bonds. The molecule has 0 aliphatic carbocycles. The number of carbonyl (C=O) groups is 2. The van der Waals surface area contributed by atoms with Crippen LogP contribution in [0.5, 0.6) is 0 Å². The summed E-state index contributed by atoms with van der Waals surface area (Å²) in [6, 6.07) is 5.47. The second kappa shape index (κ2) is 8.14. The standard InChI is InChI=1S/C22H27N5O4/c1-4-5-6-23-15-9-14(10-16(11-15)26-8-7-25(3)24-26)17-12-18-19(13(2)28)21(29)27(18)20(17)22(30)31/h7-11,13,18-19,23,28H,4-6,12H2,1-3H3/p+1/t13-,18?,19-/m1/s1. The first-order chi connectivity index (χ1) is 14.8. The summed E-state index contributed by atoms with van der Waals surface area (Å²) in [4.78, 5) is 26.0. The molecule has 1 aromatic heterocycles. The third-order valence-electron chi connectivity index (χ3n) is 5.98.